The molecule has 1 aromatic rings. The Morgan fingerprint density at radius 3 is 2.89 bits per heavy atom. The third-order valence-electron chi connectivity index (χ3n) is 2.81. The molecule has 0 saturated heterocycles. The van der Waals surface area contributed by atoms with Gasteiger partial charge in [-0.2, -0.15) is 0 Å². The highest BCUT2D eigenvalue weighted by Crippen LogP contribution is 2.23. The third-order valence-corrected chi connectivity index (χ3v) is 3.05. The monoisotopic (exact) mass is 284 g/mol. The molecule has 0 heterocycles. The summed E-state index contributed by atoms with van der Waals surface area (Å²) >= 11 is 5.93. The van der Waals surface area contributed by atoms with Crippen molar-refractivity contribution < 1.29 is 9.53 Å². The van der Waals surface area contributed by atoms with Crippen LogP contribution in [-0.2, 0) is 11.2 Å². The molecule has 0 radical (unpaired) electrons. The second-order valence-electron chi connectivity index (χ2n) is 4.46. The number of benzene rings is 1. The number of carbonyl (C=O) groups is 1. The molecule has 1 rings (SSSR count). The molecule has 0 bridgehead atoms. The van der Waals surface area contributed by atoms with E-state index in [0.29, 0.717) is 23.7 Å². The lowest BCUT2D eigenvalue weighted by Crippen LogP contribution is -2.35. The van der Waals surface area contributed by atoms with Crippen LogP contribution in [0.4, 0.5) is 0 Å². The Balaban J connectivity index is 2.59. The van der Waals surface area contributed by atoms with Crippen molar-refractivity contribution in [1.29, 1.82) is 0 Å². The maximum Gasteiger partial charge on any atom is 0.258 e. The Labute approximate surface area is 119 Å². The average molecular weight is 285 g/mol. The Bertz CT molecular complexity index is 424. The van der Waals surface area contributed by atoms with Crippen molar-refractivity contribution in [1.82, 2.24) is 5.32 Å². The zero-order valence-corrected chi connectivity index (χ0v) is 12.2. The number of hydrogen-bond donors (Lipinski definition) is 2. The van der Waals surface area contributed by atoms with E-state index in [2.05, 4.69) is 5.32 Å². The molecular weight excluding hydrogens is 264 g/mol. The van der Waals surface area contributed by atoms with Crippen LogP contribution in [0.5, 0.6) is 5.75 Å². The maximum atomic E-state index is 11.6. The first-order chi connectivity index (χ1) is 9.06. The van der Waals surface area contributed by atoms with Gasteiger partial charge in [0.05, 0.1) is 0 Å². The largest absolute Gasteiger partial charge is 0.483 e. The number of hydrogen-bond acceptors (Lipinski definition) is 3. The van der Waals surface area contributed by atoms with Gasteiger partial charge in [-0.25, -0.2) is 0 Å². The molecule has 1 aromatic carbocycles. The first-order valence-corrected chi connectivity index (χ1v) is 6.85. The minimum absolute atomic E-state index is 0.00352. The highest BCUT2D eigenvalue weighted by Gasteiger charge is 2.09. The fraction of sp³-hybridized carbons (Fsp3) is 0.500. The number of halogens is 1. The van der Waals surface area contributed by atoms with Crippen molar-refractivity contribution in [2.24, 2.45) is 5.73 Å². The van der Waals surface area contributed by atoms with Gasteiger partial charge < -0.3 is 15.8 Å². The van der Waals surface area contributed by atoms with E-state index in [-0.39, 0.29) is 18.6 Å². The van der Waals surface area contributed by atoms with Crippen LogP contribution in [-0.4, -0.2) is 25.1 Å². The minimum Gasteiger partial charge on any atom is -0.483 e. The van der Waals surface area contributed by atoms with E-state index in [9.17, 15) is 4.79 Å². The molecule has 0 aliphatic rings. The van der Waals surface area contributed by atoms with E-state index in [0.717, 1.165) is 12.0 Å². The van der Waals surface area contributed by atoms with Gasteiger partial charge in [0.15, 0.2) is 6.61 Å². The van der Waals surface area contributed by atoms with Gasteiger partial charge in [-0.05, 0) is 50.1 Å². The van der Waals surface area contributed by atoms with Gasteiger partial charge in [-0.15, -0.1) is 0 Å². The van der Waals surface area contributed by atoms with Gasteiger partial charge in [-0.3, -0.25) is 4.79 Å². The van der Waals surface area contributed by atoms with Gasteiger partial charge >= 0.3 is 0 Å². The van der Waals surface area contributed by atoms with Crippen LogP contribution >= 0.6 is 11.6 Å². The molecule has 0 saturated carbocycles. The normalized spacial score (nSPS) is 12.0. The van der Waals surface area contributed by atoms with E-state index in [1.807, 2.05) is 19.9 Å². The summed E-state index contributed by atoms with van der Waals surface area (Å²) in [7, 11) is 0. The molecule has 19 heavy (non-hydrogen) atoms. The topological polar surface area (TPSA) is 64.3 Å². The predicted molar refractivity (Wildman–Crippen MR) is 77.6 cm³/mol. The lowest BCUT2D eigenvalue weighted by atomic mass is 10.1. The lowest BCUT2D eigenvalue weighted by Gasteiger charge is -2.14. The van der Waals surface area contributed by atoms with Crippen molar-refractivity contribution in [2.75, 3.05) is 13.2 Å². The van der Waals surface area contributed by atoms with Gasteiger partial charge in [0, 0.05) is 11.1 Å². The predicted octanol–water partition coefficient (Wildman–Crippen LogP) is 2.13. The highest BCUT2D eigenvalue weighted by molar-refractivity contribution is 6.30. The summed E-state index contributed by atoms with van der Waals surface area (Å²) in [6.45, 7) is 4.49. The van der Waals surface area contributed by atoms with Crippen molar-refractivity contribution in [3.05, 3.63) is 28.8 Å². The molecule has 0 aliphatic heterocycles. The van der Waals surface area contributed by atoms with E-state index in [4.69, 9.17) is 22.1 Å². The van der Waals surface area contributed by atoms with Gasteiger partial charge in [-0.1, -0.05) is 18.5 Å². The van der Waals surface area contributed by atoms with Crippen LogP contribution in [0.3, 0.4) is 0 Å². The molecule has 3 N–H and O–H groups in total. The number of nitrogens with two attached hydrogens (primary N) is 1. The molecule has 106 valence electrons. The quantitative estimate of drug-likeness (QED) is 0.806. The highest BCUT2D eigenvalue weighted by atomic mass is 35.5. The summed E-state index contributed by atoms with van der Waals surface area (Å²) in [5.41, 5.74) is 6.46. The molecule has 5 heteroatoms. The first kappa shape index (κ1) is 15.8. The van der Waals surface area contributed by atoms with E-state index in [1.165, 1.54) is 0 Å². The van der Waals surface area contributed by atoms with Crippen molar-refractivity contribution in [3.8, 4) is 5.75 Å². The van der Waals surface area contributed by atoms with E-state index >= 15 is 0 Å². The molecule has 1 atom stereocenters. The van der Waals surface area contributed by atoms with Gasteiger partial charge in [0.2, 0.25) is 0 Å². The second kappa shape index (κ2) is 8.02. The lowest BCUT2D eigenvalue weighted by molar-refractivity contribution is -0.123. The summed E-state index contributed by atoms with van der Waals surface area (Å²) in [6.07, 6.45) is 1.56. The van der Waals surface area contributed by atoms with Crippen LogP contribution in [0.1, 0.15) is 25.8 Å². The van der Waals surface area contributed by atoms with Crippen LogP contribution in [0.25, 0.3) is 0 Å². The summed E-state index contributed by atoms with van der Waals surface area (Å²) in [5, 5.41) is 3.49. The number of carbonyl (C=O) groups excluding carboxylic acids is 1. The van der Waals surface area contributed by atoms with Crippen LogP contribution in [0.2, 0.25) is 5.02 Å². The summed E-state index contributed by atoms with van der Waals surface area (Å²) < 4.78 is 5.53. The van der Waals surface area contributed by atoms with Gasteiger partial charge in [0.1, 0.15) is 5.75 Å². The summed E-state index contributed by atoms with van der Waals surface area (Å²) in [4.78, 5) is 11.6. The molecule has 0 fully saturated rings. The van der Waals surface area contributed by atoms with E-state index < -0.39 is 0 Å². The number of amides is 1. The standard InChI is InChI=1S/C14H21ClN2O2/c1-3-10(2)17-14(18)9-19-13-5-4-12(15)8-11(13)6-7-16/h4-5,8,10H,3,6-7,9,16H2,1-2H3,(H,17,18). The molecule has 4 nitrogen and oxygen atoms in total. The maximum absolute atomic E-state index is 11.6. The number of nitrogens with one attached hydrogen (secondary N) is 1. The Morgan fingerprint density at radius 1 is 1.53 bits per heavy atom. The van der Waals surface area contributed by atoms with Crippen LogP contribution in [0, 0.1) is 0 Å². The number of rotatable bonds is 7. The zero-order chi connectivity index (χ0) is 14.3. The zero-order valence-electron chi connectivity index (χ0n) is 11.4. The molecular formula is C14H21ClN2O2. The summed E-state index contributed by atoms with van der Waals surface area (Å²) in [5.74, 6) is 0.539. The van der Waals surface area contributed by atoms with Gasteiger partial charge in [0.25, 0.3) is 5.91 Å². The van der Waals surface area contributed by atoms with Crippen molar-refractivity contribution in [2.45, 2.75) is 32.7 Å². The minimum atomic E-state index is -0.122. The number of ether oxygens (including phenoxy) is 1. The SMILES string of the molecule is CCC(C)NC(=O)COc1ccc(Cl)cc1CCN. The van der Waals surface area contributed by atoms with Crippen LogP contribution in [0.15, 0.2) is 18.2 Å². The Kier molecular flexibility index (Phi) is 6.67. The molecule has 0 aromatic heterocycles. The first-order valence-electron chi connectivity index (χ1n) is 6.47. The van der Waals surface area contributed by atoms with Crippen LogP contribution < -0.4 is 15.8 Å². The summed E-state index contributed by atoms with van der Waals surface area (Å²) in [6, 6.07) is 5.48. The molecule has 1 unspecified atom stereocenters. The second-order valence-corrected chi connectivity index (χ2v) is 4.89. The van der Waals surface area contributed by atoms with Crippen molar-refractivity contribution in [3.63, 3.8) is 0 Å². The smallest absolute Gasteiger partial charge is 0.258 e. The van der Waals surface area contributed by atoms with E-state index in [1.54, 1.807) is 12.1 Å². The van der Waals surface area contributed by atoms with Crippen molar-refractivity contribution >= 4 is 17.5 Å². The fourth-order valence-corrected chi connectivity index (χ4v) is 1.80. The fourth-order valence-electron chi connectivity index (χ4n) is 1.60. The third kappa shape index (κ3) is 5.49. The molecule has 0 aliphatic carbocycles. The Hall–Kier alpha value is -1.26. The molecule has 1 amide bonds. The average Bonchev–Trinajstić information content (AvgIpc) is 2.38. The molecule has 0 spiro atoms. The Morgan fingerprint density at radius 2 is 2.26 bits per heavy atom.